The Morgan fingerprint density at radius 1 is 1.12 bits per heavy atom. The first-order valence-electron chi connectivity index (χ1n) is 8.04. The van der Waals surface area contributed by atoms with Crippen LogP contribution >= 0.6 is 0 Å². The Morgan fingerprint density at radius 3 is 2.60 bits per heavy atom. The largest absolute Gasteiger partial charge is 0.489 e. The zero-order chi connectivity index (χ0) is 17.6. The van der Waals surface area contributed by atoms with Gasteiger partial charge in [0.2, 0.25) is 5.91 Å². The summed E-state index contributed by atoms with van der Waals surface area (Å²) in [6.45, 7) is 0.339. The first-order valence-corrected chi connectivity index (χ1v) is 8.04. The van der Waals surface area contributed by atoms with E-state index in [-0.39, 0.29) is 11.8 Å². The van der Waals surface area contributed by atoms with Gasteiger partial charge in [-0.15, -0.1) is 0 Å². The van der Waals surface area contributed by atoms with Gasteiger partial charge in [-0.3, -0.25) is 9.59 Å². The van der Waals surface area contributed by atoms with Crippen molar-refractivity contribution in [3.8, 4) is 5.75 Å². The zero-order valence-electron chi connectivity index (χ0n) is 13.9. The first-order chi connectivity index (χ1) is 12.1. The lowest BCUT2D eigenvalue weighted by molar-refractivity contribution is -0.130. The monoisotopic (exact) mass is 337 g/mol. The molecule has 1 N–H and O–H groups in total. The second-order valence-corrected chi connectivity index (χ2v) is 5.68. The summed E-state index contributed by atoms with van der Waals surface area (Å²) in [6, 6.07) is 17.0. The molecular formula is C19H19N3O3. The molecule has 0 unspecified atom stereocenters. The number of carbonyl (C=O) groups excluding carboxylic acids is 2. The number of nitrogens with zero attached hydrogens (tertiary/aromatic N) is 2. The van der Waals surface area contributed by atoms with Crippen molar-refractivity contribution in [1.29, 1.82) is 0 Å². The third-order valence-corrected chi connectivity index (χ3v) is 3.87. The lowest BCUT2D eigenvalue weighted by atomic mass is 10.1. The Hall–Kier alpha value is -3.15. The molecule has 0 saturated heterocycles. The predicted molar refractivity (Wildman–Crippen MR) is 95.3 cm³/mol. The number of amides is 2. The number of para-hydroxylation sites is 2. The minimum absolute atomic E-state index is 0.0896. The molecule has 0 aromatic heterocycles. The summed E-state index contributed by atoms with van der Waals surface area (Å²) in [5, 5.41) is 8.12. The number of carbonyl (C=O) groups is 2. The van der Waals surface area contributed by atoms with Crippen molar-refractivity contribution in [2.75, 3.05) is 12.4 Å². The van der Waals surface area contributed by atoms with Crippen molar-refractivity contribution in [2.45, 2.75) is 19.4 Å². The predicted octanol–water partition coefficient (Wildman–Crippen LogP) is 2.81. The standard InChI is InChI=1S/C19H19N3O3/c1-22-18(23)12-11-17(21-22)19(24)20-16-10-6-5-7-14(16)13-25-15-8-3-2-4-9-15/h2-10H,11-13H2,1H3,(H,20,24). The van der Waals surface area contributed by atoms with Gasteiger partial charge < -0.3 is 10.1 Å². The van der Waals surface area contributed by atoms with Crippen molar-refractivity contribution in [1.82, 2.24) is 5.01 Å². The number of ether oxygens (including phenoxy) is 1. The van der Waals surface area contributed by atoms with Crippen LogP contribution in [0.5, 0.6) is 5.75 Å². The molecule has 2 aromatic carbocycles. The molecule has 0 radical (unpaired) electrons. The maximum absolute atomic E-state index is 12.4. The van der Waals surface area contributed by atoms with Gasteiger partial charge in [-0.05, 0) is 18.2 Å². The molecule has 0 fully saturated rings. The van der Waals surface area contributed by atoms with Gasteiger partial charge in [0.25, 0.3) is 5.91 Å². The van der Waals surface area contributed by atoms with Crippen molar-refractivity contribution in [3.63, 3.8) is 0 Å². The molecule has 6 nitrogen and oxygen atoms in total. The molecule has 6 heteroatoms. The van der Waals surface area contributed by atoms with Gasteiger partial charge in [-0.1, -0.05) is 36.4 Å². The Morgan fingerprint density at radius 2 is 1.84 bits per heavy atom. The zero-order valence-corrected chi connectivity index (χ0v) is 13.9. The third-order valence-electron chi connectivity index (χ3n) is 3.87. The molecule has 25 heavy (non-hydrogen) atoms. The number of hydrogen-bond acceptors (Lipinski definition) is 4. The van der Waals surface area contributed by atoms with Crippen LogP contribution in [0.2, 0.25) is 0 Å². The molecule has 1 aliphatic heterocycles. The Bertz CT molecular complexity index is 803. The number of nitrogens with one attached hydrogen (secondary N) is 1. The first kappa shape index (κ1) is 16.7. The van der Waals surface area contributed by atoms with Gasteiger partial charge in [0.1, 0.15) is 18.1 Å². The van der Waals surface area contributed by atoms with Crippen molar-refractivity contribution >= 4 is 23.2 Å². The van der Waals surface area contributed by atoms with Crippen LogP contribution in [0.15, 0.2) is 59.7 Å². The van der Waals surface area contributed by atoms with Crippen molar-refractivity contribution < 1.29 is 14.3 Å². The van der Waals surface area contributed by atoms with Crippen LogP contribution < -0.4 is 10.1 Å². The highest BCUT2D eigenvalue weighted by molar-refractivity contribution is 6.43. The van der Waals surface area contributed by atoms with E-state index in [0.717, 1.165) is 11.3 Å². The van der Waals surface area contributed by atoms with Crippen LogP contribution in [-0.4, -0.2) is 29.6 Å². The van der Waals surface area contributed by atoms with Crippen LogP contribution in [0.25, 0.3) is 0 Å². The van der Waals surface area contributed by atoms with Gasteiger partial charge in [-0.2, -0.15) is 5.10 Å². The fraction of sp³-hybridized carbons (Fsp3) is 0.211. The SMILES string of the molecule is CN1N=C(C(=O)Nc2ccccc2COc2ccccc2)CCC1=O. The molecule has 1 aliphatic rings. The highest BCUT2D eigenvalue weighted by Crippen LogP contribution is 2.19. The number of hydrogen-bond donors (Lipinski definition) is 1. The van der Waals surface area contributed by atoms with E-state index >= 15 is 0 Å². The number of hydrazone groups is 1. The van der Waals surface area contributed by atoms with E-state index in [0.29, 0.717) is 30.8 Å². The van der Waals surface area contributed by atoms with Gasteiger partial charge in [0, 0.05) is 31.1 Å². The molecule has 0 bridgehead atoms. The van der Waals surface area contributed by atoms with Crippen molar-refractivity contribution in [3.05, 3.63) is 60.2 Å². The van der Waals surface area contributed by atoms with Gasteiger partial charge in [-0.25, -0.2) is 5.01 Å². The number of rotatable bonds is 5. The van der Waals surface area contributed by atoms with Crippen LogP contribution in [0.1, 0.15) is 18.4 Å². The normalized spacial score (nSPS) is 14.0. The average molecular weight is 337 g/mol. The summed E-state index contributed by atoms with van der Waals surface area (Å²) in [6.07, 6.45) is 0.638. The average Bonchev–Trinajstić information content (AvgIpc) is 2.64. The molecule has 3 rings (SSSR count). The molecule has 0 aliphatic carbocycles. The van der Waals surface area contributed by atoms with E-state index in [1.807, 2.05) is 54.6 Å². The van der Waals surface area contributed by atoms with E-state index in [4.69, 9.17) is 4.74 Å². The van der Waals surface area contributed by atoms with Gasteiger partial charge in [0.15, 0.2) is 0 Å². The van der Waals surface area contributed by atoms with Crippen molar-refractivity contribution in [2.24, 2.45) is 5.10 Å². The molecular weight excluding hydrogens is 318 g/mol. The third kappa shape index (κ3) is 4.23. The lowest BCUT2D eigenvalue weighted by Crippen LogP contribution is -2.34. The Balaban J connectivity index is 1.69. The fourth-order valence-electron chi connectivity index (χ4n) is 2.47. The molecule has 0 spiro atoms. The molecule has 128 valence electrons. The van der Waals surface area contributed by atoms with E-state index in [1.165, 1.54) is 5.01 Å². The molecule has 0 saturated carbocycles. The van der Waals surface area contributed by atoms with E-state index in [2.05, 4.69) is 10.4 Å². The topological polar surface area (TPSA) is 71.0 Å². The van der Waals surface area contributed by atoms with E-state index in [1.54, 1.807) is 7.05 Å². The van der Waals surface area contributed by atoms with Crippen LogP contribution in [0, 0.1) is 0 Å². The minimum atomic E-state index is -0.300. The second kappa shape index (κ2) is 7.61. The quantitative estimate of drug-likeness (QED) is 0.912. The Labute approximate surface area is 146 Å². The second-order valence-electron chi connectivity index (χ2n) is 5.68. The smallest absolute Gasteiger partial charge is 0.271 e. The summed E-state index contributed by atoms with van der Waals surface area (Å²) in [7, 11) is 1.55. The summed E-state index contributed by atoms with van der Waals surface area (Å²) in [4.78, 5) is 23.9. The molecule has 2 amide bonds. The van der Waals surface area contributed by atoms with Gasteiger partial charge in [0.05, 0.1) is 0 Å². The summed E-state index contributed by atoms with van der Waals surface area (Å²) >= 11 is 0. The number of anilines is 1. The molecule has 2 aromatic rings. The maximum atomic E-state index is 12.4. The van der Waals surface area contributed by atoms with Crippen LogP contribution in [-0.2, 0) is 16.2 Å². The highest BCUT2D eigenvalue weighted by Gasteiger charge is 2.22. The summed E-state index contributed by atoms with van der Waals surface area (Å²) in [5.41, 5.74) is 1.88. The van der Waals surface area contributed by atoms with Crippen LogP contribution in [0.4, 0.5) is 5.69 Å². The van der Waals surface area contributed by atoms with Gasteiger partial charge >= 0.3 is 0 Å². The Kier molecular flexibility index (Phi) is 5.09. The minimum Gasteiger partial charge on any atom is -0.489 e. The van der Waals surface area contributed by atoms with Crippen LogP contribution in [0.3, 0.4) is 0 Å². The summed E-state index contributed by atoms with van der Waals surface area (Å²) in [5.74, 6) is 0.375. The molecule has 1 heterocycles. The number of benzene rings is 2. The van der Waals surface area contributed by atoms with E-state index < -0.39 is 0 Å². The fourth-order valence-corrected chi connectivity index (χ4v) is 2.47. The lowest BCUT2D eigenvalue weighted by Gasteiger charge is -2.19. The maximum Gasteiger partial charge on any atom is 0.271 e. The summed E-state index contributed by atoms with van der Waals surface area (Å²) < 4.78 is 5.76. The highest BCUT2D eigenvalue weighted by atomic mass is 16.5. The van der Waals surface area contributed by atoms with E-state index in [9.17, 15) is 9.59 Å². The molecule has 0 atom stereocenters.